The summed E-state index contributed by atoms with van der Waals surface area (Å²) in [7, 11) is 1.60. The lowest BCUT2D eigenvalue weighted by atomic mass is 9.69. The van der Waals surface area contributed by atoms with Crippen molar-refractivity contribution in [2.45, 2.75) is 52.6 Å². The van der Waals surface area contributed by atoms with E-state index in [1.165, 1.54) is 4.57 Å². The van der Waals surface area contributed by atoms with Crippen LogP contribution in [0.1, 0.15) is 56.2 Å². The summed E-state index contributed by atoms with van der Waals surface area (Å²) in [6.07, 6.45) is 1.05. The van der Waals surface area contributed by atoms with Crippen molar-refractivity contribution in [3.05, 3.63) is 103 Å². The van der Waals surface area contributed by atoms with Crippen molar-refractivity contribution in [3.8, 4) is 5.75 Å². The molecule has 2 aliphatic rings. The van der Waals surface area contributed by atoms with Gasteiger partial charge in [0, 0.05) is 30.2 Å². The van der Waals surface area contributed by atoms with Gasteiger partial charge in [-0.3, -0.25) is 18.7 Å². The van der Waals surface area contributed by atoms with Crippen LogP contribution in [-0.4, -0.2) is 22.0 Å². The number of nitrogens with zero attached hydrogens (tertiary/aromatic N) is 2. The smallest absolute Gasteiger partial charge is 0.332 e. The molecule has 3 aromatic rings. The fourth-order valence-electron chi connectivity index (χ4n) is 5.51. The van der Waals surface area contributed by atoms with Crippen molar-refractivity contribution in [3.63, 3.8) is 0 Å². The van der Waals surface area contributed by atoms with E-state index in [0.29, 0.717) is 42.1 Å². The highest BCUT2D eigenvalue weighted by molar-refractivity contribution is 6.01. The summed E-state index contributed by atoms with van der Waals surface area (Å²) in [5, 5.41) is 3.41. The lowest BCUT2D eigenvalue weighted by molar-refractivity contribution is -0.118. The molecule has 0 fully saturated rings. The van der Waals surface area contributed by atoms with Crippen LogP contribution in [0.25, 0.3) is 0 Å². The Bertz CT molecular complexity index is 1480. The van der Waals surface area contributed by atoms with Gasteiger partial charge in [-0.05, 0) is 42.0 Å². The fraction of sp³-hybridized carbons (Fsp3) is 0.345. The summed E-state index contributed by atoms with van der Waals surface area (Å²) in [6.45, 7) is 6.48. The minimum absolute atomic E-state index is 0.0310. The molecule has 0 amide bonds. The minimum Gasteiger partial charge on any atom is -0.497 e. The van der Waals surface area contributed by atoms with Gasteiger partial charge in [-0.15, -0.1) is 0 Å². The second-order valence-electron chi connectivity index (χ2n) is 10.3. The number of carbonyl (C=O) groups excluding carboxylic acids is 1. The van der Waals surface area contributed by atoms with Crippen LogP contribution in [0.3, 0.4) is 0 Å². The van der Waals surface area contributed by atoms with Crippen LogP contribution in [0.2, 0.25) is 0 Å². The molecule has 7 nitrogen and oxygen atoms in total. The molecule has 1 aromatic heterocycles. The summed E-state index contributed by atoms with van der Waals surface area (Å²) < 4.78 is 8.25. The van der Waals surface area contributed by atoms with Crippen LogP contribution in [0.5, 0.6) is 5.75 Å². The molecule has 1 N–H and O–H groups in total. The average Bonchev–Trinajstić information content (AvgIpc) is 2.85. The van der Waals surface area contributed by atoms with Gasteiger partial charge in [0.05, 0.1) is 19.2 Å². The van der Waals surface area contributed by atoms with E-state index in [0.717, 1.165) is 16.8 Å². The van der Waals surface area contributed by atoms with E-state index in [1.54, 1.807) is 18.6 Å². The Hall–Kier alpha value is -3.87. The highest BCUT2D eigenvalue weighted by Crippen LogP contribution is 2.48. The Morgan fingerprint density at radius 2 is 1.67 bits per heavy atom. The molecular formula is C29H31N3O4. The van der Waals surface area contributed by atoms with E-state index < -0.39 is 5.92 Å². The SMILES string of the molecule is CCn1c(=O)c2c(n(Cc3ccccc3)c1=O)NC1=C(C(=O)CC(C)(C)C1)[C@@H]2c1ccc(OC)cc1. The molecule has 0 saturated heterocycles. The first-order chi connectivity index (χ1) is 17.2. The maximum Gasteiger partial charge on any atom is 0.332 e. The van der Waals surface area contributed by atoms with E-state index in [4.69, 9.17) is 4.74 Å². The number of hydrogen-bond donors (Lipinski definition) is 1. The molecular weight excluding hydrogens is 454 g/mol. The highest BCUT2D eigenvalue weighted by Gasteiger charge is 2.43. The second kappa shape index (κ2) is 8.97. The molecule has 186 valence electrons. The van der Waals surface area contributed by atoms with E-state index in [2.05, 4.69) is 19.2 Å². The summed E-state index contributed by atoms with van der Waals surface area (Å²) in [6, 6.07) is 17.2. The number of benzene rings is 2. The molecule has 1 atom stereocenters. The Balaban J connectivity index is 1.81. The van der Waals surface area contributed by atoms with Gasteiger partial charge in [0.2, 0.25) is 0 Å². The molecule has 5 rings (SSSR count). The molecule has 0 spiro atoms. The molecule has 2 aromatic carbocycles. The first-order valence-electron chi connectivity index (χ1n) is 12.3. The van der Waals surface area contributed by atoms with Crippen LogP contribution < -0.4 is 21.3 Å². The predicted molar refractivity (Wildman–Crippen MR) is 140 cm³/mol. The zero-order valence-corrected chi connectivity index (χ0v) is 21.1. The molecule has 0 saturated carbocycles. The highest BCUT2D eigenvalue weighted by atomic mass is 16.5. The summed E-state index contributed by atoms with van der Waals surface area (Å²) in [5.41, 5.74) is 2.67. The van der Waals surface area contributed by atoms with Gasteiger partial charge in [0.1, 0.15) is 11.6 Å². The zero-order valence-electron chi connectivity index (χ0n) is 21.1. The van der Waals surface area contributed by atoms with Crippen LogP contribution in [0.4, 0.5) is 5.82 Å². The number of rotatable bonds is 5. The Morgan fingerprint density at radius 1 is 0.972 bits per heavy atom. The summed E-state index contributed by atoms with van der Waals surface area (Å²) in [5.74, 6) is 0.629. The summed E-state index contributed by atoms with van der Waals surface area (Å²) >= 11 is 0. The van der Waals surface area contributed by atoms with Gasteiger partial charge < -0.3 is 10.1 Å². The Morgan fingerprint density at radius 3 is 2.31 bits per heavy atom. The lowest BCUT2D eigenvalue weighted by Gasteiger charge is -2.39. The quantitative estimate of drug-likeness (QED) is 0.583. The van der Waals surface area contributed by atoms with Gasteiger partial charge in [0.25, 0.3) is 5.56 Å². The number of methoxy groups -OCH3 is 1. The van der Waals surface area contributed by atoms with Crippen molar-refractivity contribution < 1.29 is 9.53 Å². The summed E-state index contributed by atoms with van der Waals surface area (Å²) in [4.78, 5) is 41.0. The Labute approximate surface area is 210 Å². The molecule has 1 aliphatic carbocycles. The van der Waals surface area contributed by atoms with E-state index in [9.17, 15) is 14.4 Å². The molecule has 1 aliphatic heterocycles. The predicted octanol–water partition coefficient (Wildman–Crippen LogP) is 4.29. The van der Waals surface area contributed by atoms with E-state index in [1.807, 2.05) is 54.6 Å². The molecule has 7 heteroatoms. The number of carbonyl (C=O) groups is 1. The van der Waals surface area contributed by atoms with Crippen molar-refractivity contribution in [2.75, 3.05) is 12.4 Å². The van der Waals surface area contributed by atoms with E-state index >= 15 is 0 Å². The van der Waals surface area contributed by atoms with Gasteiger partial charge >= 0.3 is 5.69 Å². The molecule has 0 radical (unpaired) electrons. The third-order valence-corrected chi connectivity index (χ3v) is 7.18. The first-order valence-corrected chi connectivity index (χ1v) is 12.3. The van der Waals surface area contributed by atoms with Gasteiger partial charge in [-0.2, -0.15) is 0 Å². The lowest BCUT2D eigenvalue weighted by Crippen LogP contribution is -2.46. The van der Waals surface area contributed by atoms with Crippen LogP contribution in [-0.2, 0) is 17.9 Å². The molecule has 0 unspecified atom stereocenters. The number of anilines is 1. The van der Waals surface area contributed by atoms with Crippen molar-refractivity contribution in [1.29, 1.82) is 0 Å². The maximum atomic E-state index is 13.8. The number of nitrogens with one attached hydrogen (secondary N) is 1. The van der Waals surface area contributed by atoms with E-state index in [-0.39, 0.29) is 29.0 Å². The number of fused-ring (bicyclic) bond motifs is 1. The van der Waals surface area contributed by atoms with Crippen LogP contribution in [0, 0.1) is 5.41 Å². The van der Waals surface area contributed by atoms with Gasteiger partial charge in [-0.1, -0.05) is 56.3 Å². The third kappa shape index (κ3) is 3.98. The second-order valence-corrected chi connectivity index (χ2v) is 10.3. The standard InChI is InChI=1S/C29H31N3O4/c1-5-31-27(34)25-23(19-11-13-20(36-4)14-12-19)24-21(15-29(2,3)16-22(24)33)30-26(25)32(28(31)35)17-18-9-7-6-8-10-18/h6-14,23,30H,5,15-17H2,1-4H3/t23-/m0/s1. The monoisotopic (exact) mass is 485 g/mol. The number of ether oxygens (including phenoxy) is 1. The average molecular weight is 486 g/mol. The van der Waals surface area contributed by atoms with Gasteiger partial charge in [0.15, 0.2) is 5.78 Å². The number of hydrogen-bond acceptors (Lipinski definition) is 5. The fourth-order valence-corrected chi connectivity index (χ4v) is 5.51. The number of ketones is 1. The van der Waals surface area contributed by atoms with Crippen LogP contribution >= 0.6 is 0 Å². The number of Topliss-reactive ketones (excluding diaryl/α,β-unsaturated/α-hetero) is 1. The van der Waals surface area contributed by atoms with Crippen molar-refractivity contribution in [2.24, 2.45) is 5.41 Å². The largest absolute Gasteiger partial charge is 0.497 e. The first kappa shape index (κ1) is 23.9. The van der Waals surface area contributed by atoms with Crippen molar-refractivity contribution >= 4 is 11.6 Å². The number of allylic oxidation sites excluding steroid dienone is 2. The molecule has 36 heavy (non-hydrogen) atoms. The normalized spacial score (nSPS) is 18.3. The van der Waals surface area contributed by atoms with Gasteiger partial charge in [-0.25, -0.2) is 4.79 Å². The number of aromatic nitrogens is 2. The molecule has 0 bridgehead atoms. The topological polar surface area (TPSA) is 82.3 Å². The van der Waals surface area contributed by atoms with Crippen LogP contribution in [0.15, 0.2) is 75.5 Å². The van der Waals surface area contributed by atoms with Crippen molar-refractivity contribution in [1.82, 2.24) is 9.13 Å². The zero-order chi connectivity index (χ0) is 25.6. The maximum absolute atomic E-state index is 13.8. The molecule has 2 heterocycles. The minimum atomic E-state index is -0.571. The third-order valence-electron chi connectivity index (χ3n) is 7.18. The Kier molecular flexibility index (Phi) is 5.94.